The molecule has 0 unspecified atom stereocenters. The summed E-state index contributed by atoms with van der Waals surface area (Å²) < 4.78 is 0. The normalized spacial score (nSPS) is 10.5. The fourth-order valence-electron chi connectivity index (χ4n) is 1.24. The van der Waals surface area contributed by atoms with Crippen molar-refractivity contribution in [3.05, 3.63) is 29.3 Å². The Morgan fingerprint density at radius 3 is 2.46 bits per heavy atom. The summed E-state index contributed by atoms with van der Waals surface area (Å²) in [5.74, 6) is 0.529. The largest absolute Gasteiger partial charge is 0.508 e. The van der Waals surface area contributed by atoms with Crippen LogP contribution in [0.1, 0.15) is 42.6 Å². The Balaban J connectivity index is 3.19. The molecule has 0 aliphatic heterocycles. The molecular weight excluding hydrogens is 164 g/mol. The van der Waals surface area contributed by atoms with Crippen molar-refractivity contribution in [1.29, 1.82) is 0 Å². The molecular formula is C11H14O2. The molecule has 1 aromatic rings. The van der Waals surface area contributed by atoms with E-state index in [-0.39, 0.29) is 17.5 Å². The Labute approximate surface area is 78.2 Å². The van der Waals surface area contributed by atoms with Crippen LogP contribution < -0.4 is 0 Å². The van der Waals surface area contributed by atoms with Gasteiger partial charge < -0.3 is 5.11 Å². The molecule has 0 saturated heterocycles. The van der Waals surface area contributed by atoms with E-state index in [0.717, 1.165) is 5.56 Å². The highest BCUT2D eigenvalue weighted by Gasteiger charge is 2.08. The van der Waals surface area contributed by atoms with Gasteiger partial charge in [-0.15, -0.1) is 0 Å². The fraction of sp³-hybridized carbons (Fsp3) is 0.364. The predicted octanol–water partition coefficient (Wildman–Crippen LogP) is 2.72. The van der Waals surface area contributed by atoms with E-state index in [1.165, 1.54) is 6.92 Å². The molecule has 13 heavy (non-hydrogen) atoms. The Bertz CT molecular complexity index is 327. The zero-order valence-electron chi connectivity index (χ0n) is 8.16. The molecule has 0 fully saturated rings. The molecule has 1 aromatic carbocycles. The van der Waals surface area contributed by atoms with Crippen molar-refractivity contribution >= 4 is 5.78 Å². The van der Waals surface area contributed by atoms with Crippen LogP contribution in [0.25, 0.3) is 0 Å². The second-order valence-electron chi connectivity index (χ2n) is 3.48. The number of carbonyl (C=O) groups excluding carboxylic acids is 1. The molecule has 0 atom stereocenters. The van der Waals surface area contributed by atoms with E-state index in [4.69, 9.17) is 0 Å². The van der Waals surface area contributed by atoms with Crippen molar-refractivity contribution in [2.75, 3.05) is 0 Å². The van der Waals surface area contributed by atoms with E-state index in [1.54, 1.807) is 18.2 Å². The zero-order valence-corrected chi connectivity index (χ0v) is 8.16. The molecule has 0 aliphatic rings. The van der Waals surface area contributed by atoms with Crippen molar-refractivity contribution in [3.8, 4) is 5.75 Å². The lowest BCUT2D eigenvalue weighted by Crippen LogP contribution is -1.95. The highest BCUT2D eigenvalue weighted by molar-refractivity contribution is 5.94. The average molecular weight is 178 g/mol. The third kappa shape index (κ3) is 2.08. The summed E-state index contributed by atoms with van der Waals surface area (Å²) in [5.41, 5.74) is 1.48. The van der Waals surface area contributed by atoms with Crippen LogP contribution in [0.2, 0.25) is 0 Å². The minimum Gasteiger partial charge on any atom is -0.508 e. The van der Waals surface area contributed by atoms with Crippen molar-refractivity contribution in [3.63, 3.8) is 0 Å². The number of ketones is 1. The van der Waals surface area contributed by atoms with Crippen LogP contribution >= 0.6 is 0 Å². The molecule has 2 heteroatoms. The highest BCUT2D eigenvalue weighted by Crippen LogP contribution is 2.26. The number of phenolic OH excluding ortho intramolecular Hbond substituents is 1. The number of rotatable bonds is 2. The molecule has 70 valence electrons. The first kappa shape index (κ1) is 9.78. The number of hydrogen-bond acceptors (Lipinski definition) is 2. The maximum Gasteiger partial charge on any atom is 0.159 e. The SMILES string of the molecule is CC(=O)c1ccc(O)c(C(C)C)c1. The summed E-state index contributed by atoms with van der Waals surface area (Å²) >= 11 is 0. The van der Waals surface area contributed by atoms with Gasteiger partial charge in [0.05, 0.1) is 0 Å². The molecule has 0 spiro atoms. The van der Waals surface area contributed by atoms with Crippen LogP contribution in [0.3, 0.4) is 0 Å². The maximum absolute atomic E-state index is 11.0. The molecule has 0 aromatic heterocycles. The van der Waals surface area contributed by atoms with Crippen LogP contribution in [0, 0.1) is 0 Å². The van der Waals surface area contributed by atoms with Crippen molar-refractivity contribution in [1.82, 2.24) is 0 Å². The van der Waals surface area contributed by atoms with Gasteiger partial charge in [0.25, 0.3) is 0 Å². The smallest absolute Gasteiger partial charge is 0.159 e. The van der Waals surface area contributed by atoms with Crippen molar-refractivity contribution in [2.45, 2.75) is 26.7 Å². The molecule has 0 heterocycles. The van der Waals surface area contributed by atoms with Gasteiger partial charge in [-0.3, -0.25) is 4.79 Å². The number of Topliss-reactive ketones (excluding diaryl/α,β-unsaturated/α-hetero) is 1. The maximum atomic E-state index is 11.0. The Kier molecular flexibility index (Phi) is 2.71. The second kappa shape index (κ2) is 3.60. The van der Waals surface area contributed by atoms with Crippen LogP contribution in [-0.4, -0.2) is 10.9 Å². The number of aromatic hydroxyl groups is 1. The molecule has 0 radical (unpaired) electrons. The van der Waals surface area contributed by atoms with Gasteiger partial charge in [0.2, 0.25) is 0 Å². The summed E-state index contributed by atoms with van der Waals surface area (Å²) in [4.78, 5) is 11.0. The first-order valence-corrected chi connectivity index (χ1v) is 4.36. The monoisotopic (exact) mass is 178 g/mol. The molecule has 0 aliphatic carbocycles. The lowest BCUT2D eigenvalue weighted by Gasteiger charge is -2.08. The third-order valence-corrected chi connectivity index (χ3v) is 2.06. The zero-order chi connectivity index (χ0) is 10.0. The molecule has 0 amide bonds. The standard InChI is InChI=1S/C11H14O2/c1-7(2)10-6-9(8(3)12)4-5-11(10)13/h4-7,13H,1-3H3. The summed E-state index contributed by atoms with van der Waals surface area (Å²) in [6.45, 7) is 5.49. The Morgan fingerprint density at radius 2 is 2.00 bits per heavy atom. The van der Waals surface area contributed by atoms with Gasteiger partial charge in [0.1, 0.15) is 5.75 Å². The van der Waals surface area contributed by atoms with E-state index in [1.807, 2.05) is 13.8 Å². The second-order valence-corrected chi connectivity index (χ2v) is 3.48. The number of phenols is 1. The summed E-state index contributed by atoms with van der Waals surface area (Å²) in [5, 5.41) is 9.48. The number of hydrogen-bond donors (Lipinski definition) is 1. The lowest BCUT2D eigenvalue weighted by atomic mass is 9.98. The Morgan fingerprint density at radius 1 is 1.38 bits per heavy atom. The van der Waals surface area contributed by atoms with Gasteiger partial charge in [-0.1, -0.05) is 13.8 Å². The first-order chi connectivity index (χ1) is 6.02. The topological polar surface area (TPSA) is 37.3 Å². The summed E-state index contributed by atoms with van der Waals surface area (Å²) in [6, 6.07) is 4.97. The van der Waals surface area contributed by atoms with E-state index in [2.05, 4.69) is 0 Å². The summed E-state index contributed by atoms with van der Waals surface area (Å²) in [7, 11) is 0. The number of benzene rings is 1. The van der Waals surface area contributed by atoms with Crippen LogP contribution in [0.4, 0.5) is 0 Å². The van der Waals surface area contributed by atoms with E-state index in [0.29, 0.717) is 5.56 Å². The highest BCUT2D eigenvalue weighted by atomic mass is 16.3. The molecule has 1 N–H and O–H groups in total. The van der Waals surface area contributed by atoms with Gasteiger partial charge in [0.15, 0.2) is 5.78 Å². The average Bonchev–Trinajstić information content (AvgIpc) is 2.04. The quantitative estimate of drug-likeness (QED) is 0.707. The van der Waals surface area contributed by atoms with Gasteiger partial charge in [-0.25, -0.2) is 0 Å². The minimum absolute atomic E-state index is 0.0295. The predicted molar refractivity (Wildman–Crippen MR) is 52.2 cm³/mol. The lowest BCUT2D eigenvalue weighted by molar-refractivity contribution is 0.101. The van der Waals surface area contributed by atoms with E-state index >= 15 is 0 Å². The molecule has 0 saturated carbocycles. The van der Waals surface area contributed by atoms with E-state index < -0.39 is 0 Å². The summed E-state index contributed by atoms with van der Waals surface area (Å²) in [6.07, 6.45) is 0. The van der Waals surface area contributed by atoms with Gasteiger partial charge >= 0.3 is 0 Å². The first-order valence-electron chi connectivity index (χ1n) is 4.36. The van der Waals surface area contributed by atoms with E-state index in [9.17, 15) is 9.90 Å². The van der Waals surface area contributed by atoms with Crippen LogP contribution in [-0.2, 0) is 0 Å². The van der Waals surface area contributed by atoms with Crippen LogP contribution in [0.15, 0.2) is 18.2 Å². The minimum atomic E-state index is 0.0295. The Hall–Kier alpha value is -1.31. The molecule has 0 bridgehead atoms. The molecule has 2 nitrogen and oxygen atoms in total. The van der Waals surface area contributed by atoms with Crippen molar-refractivity contribution < 1.29 is 9.90 Å². The van der Waals surface area contributed by atoms with Crippen LogP contribution in [0.5, 0.6) is 5.75 Å². The third-order valence-electron chi connectivity index (χ3n) is 2.06. The molecule has 1 rings (SSSR count). The fourth-order valence-corrected chi connectivity index (χ4v) is 1.24. The van der Waals surface area contributed by atoms with Gasteiger partial charge in [-0.05, 0) is 36.6 Å². The van der Waals surface area contributed by atoms with Crippen molar-refractivity contribution in [2.24, 2.45) is 0 Å². The van der Waals surface area contributed by atoms with Gasteiger partial charge in [-0.2, -0.15) is 0 Å². The van der Waals surface area contributed by atoms with Gasteiger partial charge in [0, 0.05) is 5.56 Å². The number of carbonyl (C=O) groups is 1.